The summed E-state index contributed by atoms with van der Waals surface area (Å²) in [7, 11) is -4.30. The minimum absolute atomic E-state index is 0.0203. The lowest BCUT2D eigenvalue weighted by Crippen LogP contribution is -2.54. The van der Waals surface area contributed by atoms with Crippen LogP contribution in [0, 0.1) is 6.92 Å². The third kappa shape index (κ3) is 9.01. The molecule has 0 aliphatic heterocycles. The zero-order valence-corrected chi connectivity index (χ0v) is 28.2. The van der Waals surface area contributed by atoms with E-state index < -0.39 is 28.5 Å². The second kappa shape index (κ2) is 15.1. The number of carbonyl (C=O) groups is 2. The largest absolute Gasteiger partial charge is 0.352 e. The minimum atomic E-state index is -4.30. The van der Waals surface area contributed by atoms with Crippen molar-refractivity contribution in [2.75, 3.05) is 10.8 Å². The molecule has 0 aliphatic rings. The van der Waals surface area contributed by atoms with E-state index in [1.807, 2.05) is 51.1 Å². The second-order valence-corrected chi connectivity index (χ2v) is 14.1. The molecule has 0 radical (unpaired) electrons. The monoisotopic (exact) mass is 685 g/mol. The van der Waals surface area contributed by atoms with Gasteiger partial charge in [-0.1, -0.05) is 101 Å². The maximum Gasteiger partial charge on any atom is 0.264 e. The normalized spacial score (nSPS) is 12.1. The average Bonchev–Trinajstić information content (AvgIpc) is 2.98. The molecule has 0 spiro atoms. The first-order chi connectivity index (χ1) is 21.3. The summed E-state index contributed by atoms with van der Waals surface area (Å²) in [6.07, 6.45) is 0.184. The molecule has 0 fully saturated rings. The van der Waals surface area contributed by atoms with Gasteiger partial charge in [-0.2, -0.15) is 0 Å². The quantitative estimate of drug-likeness (QED) is 0.169. The molecule has 2 amide bonds. The molecule has 0 bridgehead atoms. The van der Waals surface area contributed by atoms with Gasteiger partial charge in [0.1, 0.15) is 12.6 Å². The lowest BCUT2D eigenvalue weighted by Gasteiger charge is -2.34. The molecule has 7 nitrogen and oxygen atoms in total. The van der Waals surface area contributed by atoms with Crippen molar-refractivity contribution in [2.45, 2.75) is 50.7 Å². The molecule has 236 valence electrons. The summed E-state index contributed by atoms with van der Waals surface area (Å²) in [5.41, 5.74) is 2.39. The summed E-state index contributed by atoms with van der Waals surface area (Å²) in [5.74, 6) is -1.01. The van der Waals surface area contributed by atoms with Crippen LogP contribution in [0.4, 0.5) is 5.69 Å². The number of nitrogens with zero attached hydrogens (tertiary/aromatic N) is 2. The van der Waals surface area contributed by atoms with E-state index >= 15 is 0 Å². The molecule has 45 heavy (non-hydrogen) atoms. The number of halogens is 3. The minimum Gasteiger partial charge on any atom is -0.352 e. The fraction of sp³-hybridized carbons (Fsp3) is 0.235. The first kappa shape index (κ1) is 34.3. The Labute approximate surface area is 279 Å². The van der Waals surface area contributed by atoms with Gasteiger partial charge in [0.25, 0.3) is 10.0 Å². The number of hydrogen-bond acceptors (Lipinski definition) is 4. The van der Waals surface area contributed by atoms with E-state index in [2.05, 4.69) is 5.32 Å². The molecule has 4 aromatic rings. The summed E-state index contributed by atoms with van der Waals surface area (Å²) < 4.78 is 29.3. The van der Waals surface area contributed by atoms with Gasteiger partial charge in [-0.3, -0.25) is 13.9 Å². The molecule has 1 atom stereocenters. The fourth-order valence-corrected chi connectivity index (χ4v) is 6.90. The highest BCUT2D eigenvalue weighted by Crippen LogP contribution is 2.31. The van der Waals surface area contributed by atoms with E-state index in [9.17, 15) is 18.0 Å². The van der Waals surface area contributed by atoms with Crippen LogP contribution in [0.5, 0.6) is 0 Å². The van der Waals surface area contributed by atoms with Gasteiger partial charge in [0, 0.05) is 34.1 Å². The van der Waals surface area contributed by atoms with Crippen LogP contribution in [0.3, 0.4) is 0 Å². The van der Waals surface area contributed by atoms with Gasteiger partial charge in [0.2, 0.25) is 11.8 Å². The number of aryl methyl sites for hydroxylation is 1. The van der Waals surface area contributed by atoms with E-state index in [-0.39, 0.29) is 45.5 Å². The molecule has 1 N–H and O–H groups in total. The molecule has 0 saturated heterocycles. The number of nitrogens with one attached hydrogen (secondary N) is 1. The topological polar surface area (TPSA) is 86.8 Å². The molecule has 0 aliphatic carbocycles. The molecule has 4 aromatic carbocycles. The van der Waals surface area contributed by atoms with Crippen molar-refractivity contribution in [2.24, 2.45) is 0 Å². The van der Waals surface area contributed by atoms with Crippen molar-refractivity contribution in [3.63, 3.8) is 0 Å². The van der Waals surface area contributed by atoms with Crippen LogP contribution in [-0.4, -0.2) is 43.8 Å². The maximum absolute atomic E-state index is 14.5. The van der Waals surface area contributed by atoms with E-state index in [0.717, 1.165) is 15.4 Å². The van der Waals surface area contributed by atoms with E-state index in [1.54, 1.807) is 36.4 Å². The van der Waals surface area contributed by atoms with Gasteiger partial charge in [0.15, 0.2) is 0 Å². The third-order valence-corrected chi connectivity index (χ3v) is 9.62. The number of sulfonamides is 1. The predicted octanol–water partition coefficient (Wildman–Crippen LogP) is 7.32. The molecule has 0 unspecified atom stereocenters. The SMILES string of the molecule is Cc1ccc(S(=O)(=O)N(CC(=O)N(Cc2ccccc2Cl)[C@H](Cc2ccccc2)C(=O)NC(C)C)c2cc(Cl)cc(Cl)c2)cc1. The van der Waals surface area contributed by atoms with Gasteiger partial charge in [-0.05, 0) is 68.3 Å². The zero-order chi connectivity index (χ0) is 32.7. The molecular weight excluding hydrogens is 653 g/mol. The van der Waals surface area contributed by atoms with Crippen LogP contribution in [0.25, 0.3) is 0 Å². The first-order valence-corrected chi connectivity index (χ1v) is 16.8. The molecule has 0 aromatic heterocycles. The van der Waals surface area contributed by atoms with Gasteiger partial charge in [-0.25, -0.2) is 8.42 Å². The Bertz CT molecular complexity index is 1730. The first-order valence-electron chi connectivity index (χ1n) is 14.3. The molecule has 0 saturated carbocycles. The van der Waals surface area contributed by atoms with Crippen LogP contribution < -0.4 is 9.62 Å². The summed E-state index contributed by atoms with van der Waals surface area (Å²) in [6.45, 7) is 4.82. The van der Waals surface area contributed by atoms with Crippen molar-refractivity contribution in [3.8, 4) is 0 Å². The van der Waals surface area contributed by atoms with E-state index in [1.165, 1.54) is 35.2 Å². The van der Waals surface area contributed by atoms with Crippen molar-refractivity contribution < 1.29 is 18.0 Å². The highest BCUT2D eigenvalue weighted by Gasteiger charge is 2.35. The fourth-order valence-electron chi connectivity index (χ4n) is 4.79. The molecule has 11 heteroatoms. The smallest absolute Gasteiger partial charge is 0.264 e. The predicted molar refractivity (Wildman–Crippen MR) is 181 cm³/mol. The zero-order valence-electron chi connectivity index (χ0n) is 25.1. The Morgan fingerprint density at radius 3 is 2.02 bits per heavy atom. The number of benzene rings is 4. The van der Waals surface area contributed by atoms with Gasteiger partial charge >= 0.3 is 0 Å². The highest BCUT2D eigenvalue weighted by atomic mass is 35.5. The number of anilines is 1. The molecule has 4 rings (SSSR count). The molecular formula is C34H34Cl3N3O4S. The van der Waals surface area contributed by atoms with Gasteiger partial charge in [0.05, 0.1) is 10.6 Å². The third-order valence-electron chi connectivity index (χ3n) is 7.02. The Balaban J connectivity index is 1.84. The van der Waals surface area contributed by atoms with Crippen molar-refractivity contribution in [1.29, 1.82) is 0 Å². The Kier molecular flexibility index (Phi) is 11.6. The lowest BCUT2D eigenvalue weighted by atomic mass is 10.0. The summed E-state index contributed by atoms with van der Waals surface area (Å²) in [6, 6.07) is 25.8. The van der Waals surface area contributed by atoms with Crippen molar-refractivity contribution in [3.05, 3.63) is 129 Å². The number of hydrogen-bond donors (Lipinski definition) is 1. The summed E-state index contributed by atoms with van der Waals surface area (Å²) in [4.78, 5) is 29.6. The molecule has 0 heterocycles. The van der Waals surface area contributed by atoms with Crippen LogP contribution in [-0.2, 0) is 32.6 Å². The van der Waals surface area contributed by atoms with E-state index in [4.69, 9.17) is 34.8 Å². The summed E-state index contributed by atoms with van der Waals surface area (Å²) in [5, 5.41) is 3.72. The van der Waals surface area contributed by atoms with Crippen LogP contribution in [0.2, 0.25) is 15.1 Å². The second-order valence-electron chi connectivity index (χ2n) is 10.9. The Morgan fingerprint density at radius 2 is 1.42 bits per heavy atom. The Morgan fingerprint density at radius 1 is 0.822 bits per heavy atom. The van der Waals surface area contributed by atoms with E-state index in [0.29, 0.717) is 10.6 Å². The van der Waals surface area contributed by atoms with Gasteiger partial charge < -0.3 is 10.2 Å². The number of rotatable bonds is 12. The van der Waals surface area contributed by atoms with Crippen molar-refractivity contribution in [1.82, 2.24) is 10.2 Å². The standard InChI is InChI=1S/C34H34Cl3N3O4S/c1-23(2)38-34(42)32(17-25-9-5-4-6-10-25)39(21-26-11-7-8-12-31(26)37)33(41)22-40(29-19-27(35)18-28(36)20-29)45(43,44)30-15-13-24(3)14-16-30/h4-16,18-20,23,32H,17,21-22H2,1-3H3,(H,38,42)/t32-/m1/s1. The average molecular weight is 687 g/mol. The van der Waals surface area contributed by atoms with Crippen LogP contribution in [0.1, 0.15) is 30.5 Å². The van der Waals surface area contributed by atoms with Gasteiger partial charge in [-0.15, -0.1) is 0 Å². The number of carbonyl (C=O) groups excluding carboxylic acids is 2. The lowest BCUT2D eigenvalue weighted by molar-refractivity contribution is -0.140. The highest BCUT2D eigenvalue weighted by molar-refractivity contribution is 7.92. The van der Waals surface area contributed by atoms with Crippen LogP contribution >= 0.6 is 34.8 Å². The number of amides is 2. The summed E-state index contributed by atoms with van der Waals surface area (Å²) >= 11 is 19.1. The van der Waals surface area contributed by atoms with Crippen molar-refractivity contribution >= 4 is 62.3 Å². The maximum atomic E-state index is 14.5. The Hall–Kier alpha value is -3.56. The van der Waals surface area contributed by atoms with Crippen LogP contribution in [0.15, 0.2) is 102 Å².